The fourth-order valence-electron chi connectivity index (χ4n) is 3.62. The smallest absolute Gasteiger partial charge is 0.321 e. The van der Waals surface area contributed by atoms with E-state index in [4.69, 9.17) is 24.7 Å². The number of methoxy groups -OCH3 is 4. The Morgan fingerprint density at radius 1 is 1.17 bits per heavy atom. The van der Waals surface area contributed by atoms with Gasteiger partial charge in [0.1, 0.15) is 5.41 Å². The van der Waals surface area contributed by atoms with Crippen molar-refractivity contribution in [1.82, 2.24) is 9.97 Å². The van der Waals surface area contributed by atoms with E-state index in [0.717, 1.165) is 0 Å². The molecule has 1 aliphatic heterocycles. The number of ether oxygens (including phenoxy) is 4. The van der Waals surface area contributed by atoms with Crippen LogP contribution in [0.15, 0.2) is 22.0 Å². The lowest BCUT2D eigenvalue weighted by Crippen LogP contribution is -2.43. The molecule has 2 heterocycles. The molecule has 3 N–H and O–H groups in total. The zero-order chi connectivity index (χ0) is 22.1. The van der Waals surface area contributed by atoms with Crippen LogP contribution in [0.2, 0.25) is 0 Å². The first-order chi connectivity index (χ1) is 14.3. The number of nitrogens with zero attached hydrogens (tertiary/aromatic N) is 3. The van der Waals surface area contributed by atoms with Gasteiger partial charge in [-0.05, 0) is 17.7 Å². The SMILES string of the molecule is COC(=O)C1(c2cc(OC)c(OC)c(OC)c2)CC=NN(C)c2nc(N)[nH]c(=O)c21. The number of hydrogen-bond donors (Lipinski definition) is 2. The number of nitrogens with two attached hydrogens (primary N) is 1. The number of carbonyl (C=O) groups is 1. The fourth-order valence-corrected chi connectivity index (χ4v) is 3.62. The van der Waals surface area contributed by atoms with Gasteiger partial charge in [-0.15, -0.1) is 0 Å². The van der Waals surface area contributed by atoms with Gasteiger partial charge in [0.2, 0.25) is 11.7 Å². The fraction of sp³-hybridized carbons (Fsp3) is 0.368. The van der Waals surface area contributed by atoms with E-state index in [9.17, 15) is 9.59 Å². The lowest BCUT2D eigenvalue weighted by molar-refractivity contribution is -0.145. The number of benzene rings is 1. The standard InChI is InChI=1S/C19H23N5O6/c1-24-15-13(16(25)23-18(20)22-15)19(6-7-21-24,17(26)30-5)10-8-11(27-2)14(29-4)12(9-10)28-3/h7-9H,6H2,1-5H3,(H3,20,22,23,25). The van der Waals surface area contributed by atoms with Crippen LogP contribution in [0.1, 0.15) is 17.5 Å². The molecule has 0 fully saturated rings. The molecule has 0 amide bonds. The first-order valence-corrected chi connectivity index (χ1v) is 8.89. The molecule has 0 saturated carbocycles. The van der Waals surface area contributed by atoms with Crippen molar-refractivity contribution in [2.45, 2.75) is 11.8 Å². The van der Waals surface area contributed by atoms with E-state index in [-0.39, 0.29) is 23.8 Å². The van der Waals surface area contributed by atoms with Gasteiger partial charge in [-0.3, -0.25) is 19.6 Å². The van der Waals surface area contributed by atoms with Crippen molar-refractivity contribution in [3.63, 3.8) is 0 Å². The zero-order valence-electron chi connectivity index (χ0n) is 17.3. The summed E-state index contributed by atoms with van der Waals surface area (Å²) in [6.45, 7) is 0. The lowest BCUT2D eigenvalue weighted by Gasteiger charge is -2.31. The maximum absolute atomic E-state index is 13.3. The average molecular weight is 417 g/mol. The van der Waals surface area contributed by atoms with Gasteiger partial charge < -0.3 is 24.7 Å². The summed E-state index contributed by atoms with van der Waals surface area (Å²) in [6, 6.07) is 3.19. The van der Waals surface area contributed by atoms with Gasteiger partial charge >= 0.3 is 5.97 Å². The number of aromatic amines is 1. The van der Waals surface area contributed by atoms with Gasteiger partial charge in [-0.25, -0.2) is 0 Å². The molecule has 1 atom stereocenters. The number of rotatable bonds is 5. The molecular formula is C19H23N5O6. The molecule has 0 spiro atoms. The number of fused-ring (bicyclic) bond motifs is 1. The number of anilines is 2. The lowest BCUT2D eigenvalue weighted by atomic mass is 9.72. The van der Waals surface area contributed by atoms with Crippen molar-refractivity contribution in [2.24, 2.45) is 5.10 Å². The second-order valence-corrected chi connectivity index (χ2v) is 6.49. The Labute approximate surface area is 172 Å². The van der Waals surface area contributed by atoms with Crippen molar-refractivity contribution >= 4 is 24.0 Å². The predicted molar refractivity (Wildman–Crippen MR) is 110 cm³/mol. The summed E-state index contributed by atoms with van der Waals surface area (Å²) < 4.78 is 21.4. The quantitative estimate of drug-likeness (QED) is 0.671. The average Bonchev–Trinajstić information content (AvgIpc) is 2.89. The molecule has 160 valence electrons. The second kappa shape index (κ2) is 7.93. The molecule has 1 aromatic carbocycles. The summed E-state index contributed by atoms with van der Waals surface area (Å²) in [5.41, 5.74) is 3.97. The molecule has 11 heteroatoms. The third-order valence-corrected chi connectivity index (χ3v) is 5.00. The molecule has 1 aromatic heterocycles. The summed E-state index contributed by atoms with van der Waals surface area (Å²) in [7, 11) is 7.22. The number of esters is 1. The van der Waals surface area contributed by atoms with Gasteiger partial charge in [-0.1, -0.05) is 0 Å². The Balaban J connectivity index is 2.47. The van der Waals surface area contributed by atoms with E-state index >= 15 is 0 Å². The van der Waals surface area contributed by atoms with Gasteiger partial charge in [-0.2, -0.15) is 10.1 Å². The second-order valence-electron chi connectivity index (χ2n) is 6.49. The van der Waals surface area contributed by atoms with E-state index in [1.54, 1.807) is 19.2 Å². The first-order valence-electron chi connectivity index (χ1n) is 8.89. The Hall–Kier alpha value is -3.76. The third-order valence-electron chi connectivity index (χ3n) is 5.00. The van der Waals surface area contributed by atoms with Crippen LogP contribution in [0.3, 0.4) is 0 Å². The van der Waals surface area contributed by atoms with Crippen molar-refractivity contribution in [2.75, 3.05) is 46.2 Å². The minimum Gasteiger partial charge on any atom is -0.493 e. The van der Waals surface area contributed by atoms with Crippen LogP contribution in [0.25, 0.3) is 0 Å². The molecule has 0 radical (unpaired) electrons. The topological polar surface area (TPSA) is 141 Å². The number of aromatic nitrogens is 2. The van der Waals surface area contributed by atoms with E-state index in [0.29, 0.717) is 22.8 Å². The van der Waals surface area contributed by atoms with Crippen LogP contribution in [0, 0.1) is 0 Å². The Kier molecular flexibility index (Phi) is 5.54. The van der Waals surface area contributed by atoms with Crippen LogP contribution in [-0.2, 0) is 14.9 Å². The summed E-state index contributed by atoms with van der Waals surface area (Å²) in [4.78, 5) is 33.0. The largest absolute Gasteiger partial charge is 0.493 e. The summed E-state index contributed by atoms with van der Waals surface area (Å²) in [5.74, 6) is 0.303. The zero-order valence-corrected chi connectivity index (χ0v) is 17.3. The van der Waals surface area contributed by atoms with Crippen molar-refractivity contribution in [3.05, 3.63) is 33.6 Å². The monoisotopic (exact) mass is 417 g/mol. The van der Waals surface area contributed by atoms with Gasteiger partial charge in [0.25, 0.3) is 5.56 Å². The highest BCUT2D eigenvalue weighted by Gasteiger charge is 2.49. The molecule has 0 bridgehead atoms. The highest BCUT2D eigenvalue weighted by atomic mass is 16.5. The van der Waals surface area contributed by atoms with Gasteiger partial charge in [0, 0.05) is 19.7 Å². The number of nitrogens with one attached hydrogen (secondary N) is 1. The summed E-state index contributed by atoms with van der Waals surface area (Å²) in [6.07, 6.45) is 1.53. The number of hydrogen-bond acceptors (Lipinski definition) is 10. The number of H-pyrrole nitrogens is 1. The van der Waals surface area contributed by atoms with Crippen molar-refractivity contribution in [3.8, 4) is 17.2 Å². The number of nitrogen functional groups attached to an aromatic ring is 1. The minimum atomic E-state index is -1.60. The molecule has 3 rings (SSSR count). The molecule has 30 heavy (non-hydrogen) atoms. The predicted octanol–water partition coefficient (Wildman–Crippen LogP) is 0.663. The van der Waals surface area contributed by atoms with Crippen molar-refractivity contribution < 1.29 is 23.7 Å². The Bertz CT molecular complexity index is 1040. The third kappa shape index (κ3) is 3.08. The Morgan fingerprint density at radius 3 is 2.33 bits per heavy atom. The summed E-state index contributed by atoms with van der Waals surface area (Å²) >= 11 is 0. The molecular weight excluding hydrogens is 394 g/mol. The summed E-state index contributed by atoms with van der Waals surface area (Å²) in [5, 5.41) is 5.62. The van der Waals surface area contributed by atoms with Gasteiger partial charge in [0.05, 0.1) is 34.0 Å². The van der Waals surface area contributed by atoms with Crippen LogP contribution in [0.4, 0.5) is 11.8 Å². The molecule has 0 aliphatic carbocycles. The first kappa shape index (κ1) is 21.0. The van der Waals surface area contributed by atoms with Crippen LogP contribution >= 0.6 is 0 Å². The van der Waals surface area contributed by atoms with Crippen LogP contribution < -0.4 is 30.5 Å². The minimum absolute atomic E-state index is 0.0182. The van der Waals surface area contributed by atoms with Crippen LogP contribution in [-0.4, -0.2) is 57.6 Å². The van der Waals surface area contributed by atoms with Crippen LogP contribution in [0.5, 0.6) is 17.2 Å². The number of carbonyl (C=O) groups excluding carboxylic acids is 1. The van der Waals surface area contributed by atoms with Gasteiger partial charge in [0.15, 0.2) is 17.3 Å². The molecule has 11 nitrogen and oxygen atoms in total. The Morgan fingerprint density at radius 2 is 1.80 bits per heavy atom. The highest BCUT2D eigenvalue weighted by Crippen LogP contribution is 2.46. The van der Waals surface area contributed by atoms with Crippen molar-refractivity contribution in [1.29, 1.82) is 0 Å². The number of hydrazone groups is 1. The van der Waals surface area contributed by atoms with E-state index < -0.39 is 16.9 Å². The maximum Gasteiger partial charge on any atom is 0.321 e. The maximum atomic E-state index is 13.3. The van der Waals surface area contributed by atoms with E-state index in [2.05, 4.69) is 15.1 Å². The van der Waals surface area contributed by atoms with E-state index in [1.807, 2.05) is 0 Å². The molecule has 1 aliphatic rings. The normalized spacial score (nSPS) is 17.7. The molecule has 1 unspecified atom stereocenters. The molecule has 2 aromatic rings. The van der Waals surface area contributed by atoms with E-state index in [1.165, 1.54) is 39.7 Å². The molecule has 0 saturated heterocycles. The highest BCUT2D eigenvalue weighted by molar-refractivity contribution is 5.94.